The molecule has 90 valence electrons. The molecule has 0 spiro atoms. The predicted octanol–water partition coefficient (Wildman–Crippen LogP) is 3.44. The predicted molar refractivity (Wildman–Crippen MR) is 66.3 cm³/mol. The van der Waals surface area contributed by atoms with Gasteiger partial charge in [0.15, 0.2) is 0 Å². The largest absolute Gasteiger partial charge is 0.297 e. The summed E-state index contributed by atoms with van der Waals surface area (Å²) in [6.07, 6.45) is 13.9. The third-order valence-corrected chi connectivity index (χ3v) is 6.18. The van der Waals surface area contributed by atoms with E-state index in [9.17, 15) is 0 Å². The van der Waals surface area contributed by atoms with E-state index >= 15 is 0 Å². The van der Waals surface area contributed by atoms with Gasteiger partial charge in [-0.25, -0.2) is 0 Å². The Bertz CT molecular complexity index is 259. The number of piperidine rings is 1. The van der Waals surface area contributed by atoms with Crippen molar-refractivity contribution >= 4 is 0 Å². The third kappa shape index (κ3) is 1.47. The van der Waals surface area contributed by atoms with Crippen molar-refractivity contribution in [1.82, 2.24) is 4.90 Å². The van der Waals surface area contributed by atoms with Gasteiger partial charge in [-0.3, -0.25) is 4.90 Å². The van der Waals surface area contributed by atoms with Crippen LogP contribution in [0.3, 0.4) is 0 Å². The van der Waals surface area contributed by atoms with Crippen LogP contribution in [-0.2, 0) is 0 Å². The van der Waals surface area contributed by atoms with Crippen molar-refractivity contribution in [2.75, 3.05) is 6.54 Å². The summed E-state index contributed by atoms with van der Waals surface area (Å²) in [5, 5.41) is 0. The SMILES string of the molecule is C1CC2CCC(C1)N2CC1CC2CCC1C2. The first kappa shape index (κ1) is 9.94. The molecule has 0 aromatic rings. The fraction of sp³-hybridized carbons (Fsp3) is 1.00. The maximum atomic E-state index is 2.94. The summed E-state index contributed by atoms with van der Waals surface area (Å²) in [7, 11) is 0. The summed E-state index contributed by atoms with van der Waals surface area (Å²) >= 11 is 0. The molecule has 0 aromatic heterocycles. The lowest BCUT2D eigenvalue weighted by Crippen LogP contribution is -2.43. The highest BCUT2D eigenvalue weighted by Gasteiger charge is 2.43. The quantitative estimate of drug-likeness (QED) is 0.687. The number of hydrogen-bond acceptors (Lipinski definition) is 1. The molecule has 4 rings (SSSR count). The van der Waals surface area contributed by atoms with E-state index in [4.69, 9.17) is 0 Å². The van der Waals surface area contributed by atoms with E-state index < -0.39 is 0 Å². The third-order valence-electron chi connectivity index (χ3n) is 6.18. The van der Waals surface area contributed by atoms with Gasteiger partial charge in [0.2, 0.25) is 0 Å². The molecule has 16 heavy (non-hydrogen) atoms. The number of nitrogens with zero attached hydrogens (tertiary/aromatic N) is 1. The van der Waals surface area contributed by atoms with Gasteiger partial charge in [-0.1, -0.05) is 12.8 Å². The summed E-state index contributed by atoms with van der Waals surface area (Å²) < 4.78 is 0. The van der Waals surface area contributed by atoms with Gasteiger partial charge in [0.05, 0.1) is 0 Å². The van der Waals surface area contributed by atoms with Crippen LogP contribution in [0.25, 0.3) is 0 Å². The minimum absolute atomic E-state index is 0.998. The maximum Gasteiger partial charge on any atom is 0.00989 e. The first-order valence-corrected chi connectivity index (χ1v) is 7.66. The second kappa shape index (κ2) is 3.73. The Morgan fingerprint density at radius 1 is 0.812 bits per heavy atom. The lowest BCUT2D eigenvalue weighted by atomic mass is 9.87. The molecule has 0 amide bonds. The van der Waals surface area contributed by atoms with Gasteiger partial charge in [0.1, 0.15) is 0 Å². The van der Waals surface area contributed by atoms with E-state index in [1.165, 1.54) is 38.6 Å². The van der Waals surface area contributed by atoms with Crippen LogP contribution in [0.15, 0.2) is 0 Å². The molecule has 4 bridgehead atoms. The molecular weight excluding hydrogens is 194 g/mol. The molecule has 1 heteroatoms. The van der Waals surface area contributed by atoms with Crippen LogP contribution in [-0.4, -0.2) is 23.5 Å². The van der Waals surface area contributed by atoms with Gasteiger partial charge in [0.25, 0.3) is 0 Å². The topological polar surface area (TPSA) is 3.24 Å². The van der Waals surface area contributed by atoms with Crippen molar-refractivity contribution < 1.29 is 0 Å². The Morgan fingerprint density at radius 2 is 1.62 bits per heavy atom. The average Bonchev–Trinajstić information content (AvgIpc) is 2.94. The van der Waals surface area contributed by atoms with Crippen molar-refractivity contribution in [3.8, 4) is 0 Å². The van der Waals surface area contributed by atoms with Gasteiger partial charge in [-0.2, -0.15) is 0 Å². The van der Waals surface area contributed by atoms with E-state index in [0.717, 1.165) is 29.8 Å². The summed E-state index contributed by atoms with van der Waals surface area (Å²) in [6, 6.07) is 2.00. The highest BCUT2D eigenvalue weighted by molar-refractivity contribution is 4.97. The molecular formula is C15H25N. The molecule has 4 fully saturated rings. The molecule has 2 heterocycles. The van der Waals surface area contributed by atoms with Crippen molar-refractivity contribution in [1.29, 1.82) is 0 Å². The molecule has 0 N–H and O–H groups in total. The monoisotopic (exact) mass is 219 g/mol. The highest BCUT2D eigenvalue weighted by Crippen LogP contribution is 2.49. The van der Waals surface area contributed by atoms with Crippen molar-refractivity contribution in [3.05, 3.63) is 0 Å². The van der Waals surface area contributed by atoms with E-state index in [-0.39, 0.29) is 0 Å². The minimum atomic E-state index is 0.998. The fourth-order valence-electron chi connectivity index (χ4n) is 5.39. The summed E-state index contributed by atoms with van der Waals surface area (Å²) in [6.45, 7) is 1.48. The summed E-state index contributed by atoms with van der Waals surface area (Å²) in [5.74, 6) is 3.36. The molecule has 5 atom stereocenters. The van der Waals surface area contributed by atoms with Crippen LogP contribution in [0.1, 0.15) is 57.8 Å². The zero-order valence-corrected chi connectivity index (χ0v) is 10.4. The van der Waals surface area contributed by atoms with Gasteiger partial charge in [-0.15, -0.1) is 0 Å². The van der Waals surface area contributed by atoms with Crippen molar-refractivity contribution in [2.24, 2.45) is 17.8 Å². The molecule has 2 saturated heterocycles. The Labute approximate surface area is 99.6 Å². The number of hydrogen-bond donors (Lipinski definition) is 0. The van der Waals surface area contributed by atoms with E-state index in [1.54, 1.807) is 25.7 Å². The molecule has 4 aliphatic rings. The van der Waals surface area contributed by atoms with Crippen molar-refractivity contribution in [2.45, 2.75) is 69.9 Å². The second-order valence-corrected chi connectivity index (χ2v) is 6.95. The highest BCUT2D eigenvalue weighted by atomic mass is 15.2. The fourth-order valence-corrected chi connectivity index (χ4v) is 5.39. The van der Waals surface area contributed by atoms with Crippen LogP contribution >= 0.6 is 0 Å². The minimum Gasteiger partial charge on any atom is -0.297 e. The molecule has 1 nitrogen and oxygen atoms in total. The van der Waals surface area contributed by atoms with Gasteiger partial charge >= 0.3 is 0 Å². The molecule has 2 aliphatic carbocycles. The van der Waals surface area contributed by atoms with Gasteiger partial charge < -0.3 is 0 Å². The van der Waals surface area contributed by atoms with Crippen LogP contribution < -0.4 is 0 Å². The van der Waals surface area contributed by atoms with E-state index in [1.807, 2.05) is 0 Å². The van der Waals surface area contributed by atoms with Crippen LogP contribution in [0.5, 0.6) is 0 Å². The summed E-state index contributed by atoms with van der Waals surface area (Å²) in [5.41, 5.74) is 0. The maximum absolute atomic E-state index is 2.94. The normalized spacial score (nSPS) is 51.4. The number of rotatable bonds is 2. The molecule has 2 saturated carbocycles. The second-order valence-electron chi connectivity index (χ2n) is 6.95. The Kier molecular flexibility index (Phi) is 2.32. The van der Waals surface area contributed by atoms with Crippen LogP contribution in [0.4, 0.5) is 0 Å². The Balaban J connectivity index is 1.44. The lowest BCUT2D eigenvalue weighted by molar-refractivity contribution is 0.101. The smallest absolute Gasteiger partial charge is 0.00989 e. The molecule has 0 aromatic carbocycles. The van der Waals surface area contributed by atoms with E-state index in [2.05, 4.69) is 4.90 Å². The lowest BCUT2D eigenvalue weighted by Gasteiger charge is -2.38. The van der Waals surface area contributed by atoms with Crippen molar-refractivity contribution in [3.63, 3.8) is 0 Å². The average molecular weight is 219 g/mol. The molecule has 2 aliphatic heterocycles. The van der Waals surface area contributed by atoms with Crippen LogP contribution in [0.2, 0.25) is 0 Å². The Hall–Kier alpha value is -0.0400. The number of fused-ring (bicyclic) bond motifs is 4. The molecule has 0 radical (unpaired) electrons. The zero-order chi connectivity index (χ0) is 10.5. The van der Waals surface area contributed by atoms with Crippen LogP contribution in [0, 0.1) is 17.8 Å². The first-order chi connectivity index (χ1) is 7.90. The standard InChI is InChI=1S/C15H25N/c1-2-14-6-7-15(3-1)16(14)10-13-9-11-4-5-12(13)8-11/h11-15H,1-10H2. The Morgan fingerprint density at radius 3 is 2.25 bits per heavy atom. The van der Waals surface area contributed by atoms with E-state index in [0.29, 0.717) is 0 Å². The van der Waals surface area contributed by atoms with Gasteiger partial charge in [-0.05, 0) is 62.7 Å². The zero-order valence-electron chi connectivity index (χ0n) is 10.4. The summed E-state index contributed by atoms with van der Waals surface area (Å²) in [4.78, 5) is 2.94. The molecule has 5 unspecified atom stereocenters. The van der Waals surface area contributed by atoms with Gasteiger partial charge in [0, 0.05) is 18.6 Å². The first-order valence-electron chi connectivity index (χ1n) is 7.66.